The maximum Gasteiger partial charge on any atom is 0.257 e. The number of nitrogens with two attached hydrogens (primary N) is 1. The van der Waals surface area contributed by atoms with Crippen LogP contribution in [0.3, 0.4) is 0 Å². The number of halogens is 3. The molecule has 0 spiro atoms. The van der Waals surface area contributed by atoms with Crippen LogP contribution in [-0.2, 0) is 5.54 Å². The second-order valence-corrected chi connectivity index (χ2v) is 8.54. The minimum absolute atomic E-state index is 0.0799. The number of ether oxygens (including phenoxy) is 1. The molecule has 0 unspecified atom stereocenters. The molecule has 0 saturated carbocycles. The third-order valence-electron chi connectivity index (χ3n) is 5.22. The predicted octanol–water partition coefficient (Wildman–Crippen LogP) is 5.41. The number of carbonyl (C=O) groups is 1. The van der Waals surface area contributed by atoms with Crippen LogP contribution in [0.5, 0.6) is 5.75 Å². The van der Waals surface area contributed by atoms with E-state index in [4.69, 9.17) is 38.1 Å². The van der Waals surface area contributed by atoms with E-state index < -0.39 is 18.1 Å². The summed E-state index contributed by atoms with van der Waals surface area (Å²) < 4.78 is 24.0. The molecule has 0 aliphatic carbocycles. The molecular weight excluding hydrogens is 482 g/mol. The van der Waals surface area contributed by atoms with Gasteiger partial charge in [-0.2, -0.15) is 0 Å². The van der Waals surface area contributed by atoms with Gasteiger partial charge in [0.25, 0.3) is 5.91 Å². The summed E-state index contributed by atoms with van der Waals surface area (Å²) in [6, 6.07) is 12.1. The van der Waals surface area contributed by atoms with Gasteiger partial charge in [-0.05, 0) is 44.0 Å². The molecule has 2 aromatic carbocycles. The lowest BCUT2D eigenvalue weighted by atomic mass is 9.94. The van der Waals surface area contributed by atoms with Gasteiger partial charge in [-0.25, -0.2) is 9.37 Å². The van der Waals surface area contributed by atoms with Crippen molar-refractivity contribution >= 4 is 34.9 Å². The van der Waals surface area contributed by atoms with Gasteiger partial charge in [-0.3, -0.25) is 9.79 Å². The van der Waals surface area contributed by atoms with Gasteiger partial charge in [0.15, 0.2) is 5.76 Å². The first kappa shape index (κ1) is 25.5. The summed E-state index contributed by atoms with van der Waals surface area (Å²) in [5.41, 5.74) is 5.26. The van der Waals surface area contributed by atoms with Crippen LogP contribution in [0.4, 0.5) is 4.39 Å². The Hall–Kier alpha value is -3.10. The number of amidine groups is 1. The van der Waals surface area contributed by atoms with Crippen molar-refractivity contribution in [1.29, 1.82) is 0 Å². The number of oxazole rings is 1. The van der Waals surface area contributed by atoms with E-state index in [9.17, 15) is 9.18 Å². The Morgan fingerprint density at radius 2 is 1.97 bits per heavy atom. The van der Waals surface area contributed by atoms with E-state index in [1.54, 1.807) is 37.4 Å². The highest BCUT2D eigenvalue weighted by Gasteiger charge is 2.35. The van der Waals surface area contributed by atoms with Crippen molar-refractivity contribution in [2.24, 2.45) is 10.7 Å². The van der Waals surface area contributed by atoms with Crippen LogP contribution in [-0.4, -0.2) is 37.1 Å². The van der Waals surface area contributed by atoms with E-state index in [1.165, 1.54) is 7.11 Å². The normalized spacial score (nSPS) is 13.4. The molecule has 0 fully saturated rings. The Balaban J connectivity index is 1.93. The van der Waals surface area contributed by atoms with Gasteiger partial charge < -0.3 is 20.2 Å². The summed E-state index contributed by atoms with van der Waals surface area (Å²) in [4.78, 5) is 21.7. The molecule has 10 heteroatoms. The Morgan fingerprint density at radius 1 is 1.24 bits per heavy atom. The molecule has 3 rings (SSSR count). The summed E-state index contributed by atoms with van der Waals surface area (Å²) in [5.74, 6) is 0.509. The van der Waals surface area contributed by atoms with Crippen LogP contribution < -0.4 is 15.8 Å². The number of rotatable bonds is 10. The number of aromatic nitrogens is 1. The molecule has 1 aromatic heterocycles. The molecule has 0 bridgehead atoms. The summed E-state index contributed by atoms with van der Waals surface area (Å²) in [6.07, 6.45) is 2.40. The first-order chi connectivity index (χ1) is 16.3. The molecule has 34 heavy (non-hydrogen) atoms. The quantitative estimate of drug-likeness (QED) is 0.217. The van der Waals surface area contributed by atoms with Crippen LogP contribution in [0, 0.1) is 0 Å². The highest BCUT2D eigenvalue weighted by Crippen LogP contribution is 2.34. The fraction of sp³-hybridized carbons (Fsp3) is 0.292. The summed E-state index contributed by atoms with van der Waals surface area (Å²) in [5, 5.41) is 3.72. The minimum Gasteiger partial charge on any atom is -0.496 e. The SMILES string of the molecule is COc1cccc(Cl)c1C(=O)N[C@](C)(CCCN=C(N)CF)c1ncc(-c2ccccc2Cl)o1. The van der Waals surface area contributed by atoms with E-state index in [0.29, 0.717) is 34.9 Å². The van der Waals surface area contributed by atoms with E-state index in [0.717, 1.165) is 0 Å². The number of nitrogens with zero attached hydrogens (tertiary/aromatic N) is 2. The molecule has 0 saturated heterocycles. The van der Waals surface area contributed by atoms with Crippen LogP contribution >= 0.6 is 23.2 Å². The second kappa shape index (κ2) is 11.4. The fourth-order valence-corrected chi connectivity index (χ4v) is 3.92. The topological polar surface area (TPSA) is 103 Å². The van der Waals surface area contributed by atoms with Gasteiger partial charge in [0.05, 0.1) is 28.9 Å². The molecule has 1 amide bonds. The van der Waals surface area contributed by atoms with Gasteiger partial charge in [-0.15, -0.1) is 0 Å². The van der Waals surface area contributed by atoms with Crippen LogP contribution in [0.1, 0.15) is 36.0 Å². The van der Waals surface area contributed by atoms with Crippen molar-refractivity contribution in [3.05, 3.63) is 70.2 Å². The number of hydrogen-bond donors (Lipinski definition) is 2. The molecule has 0 aliphatic heterocycles. The number of benzene rings is 2. The fourth-order valence-electron chi connectivity index (χ4n) is 3.44. The van der Waals surface area contributed by atoms with Crippen molar-refractivity contribution in [3.63, 3.8) is 0 Å². The molecule has 1 atom stereocenters. The standard InChI is InChI=1S/C24H25Cl2FN4O3/c1-24(11-6-12-29-20(28)13-27,31-22(32)21-17(26)9-5-10-18(21)33-2)23-30-14-19(34-23)15-7-3-4-8-16(15)25/h3-5,7-10,14H,6,11-13H2,1-2H3,(H2,28,29)(H,31,32)/t24-/m1/s1. The lowest BCUT2D eigenvalue weighted by molar-refractivity contribution is 0.0878. The summed E-state index contributed by atoms with van der Waals surface area (Å²) in [7, 11) is 1.46. The number of nitrogens with one attached hydrogen (secondary N) is 1. The van der Waals surface area contributed by atoms with Crippen molar-refractivity contribution in [2.45, 2.75) is 25.3 Å². The largest absolute Gasteiger partial charge is 0.496 e. The predicted molar refractivity (Wildman–Crippen MR) is 131 cm³/mol. The van der Waals surface area contributed by atoms with Gasteiger partial charge in [-0.1, -0.05) is 41.4 Å². The Morgan fingerprint density at radius 3 is 2.68 bits per heavy atom. The monoisotopic (exact) mass is 506 g/mol. The van der Waals surface area contributed by atoms with Crippen LogP contribution in [0.15, 0.2) is 58.1 Å². The Labute approximate surface area is 207 Å². The van der Waals surface area contributed by atoms with Crippen molar-refractivity contribution < 1.29 is 18.3 Å². The number of hydrogen-bond acceptors (Lipinski definition) is 5. The van der Waals surface area contributed by atoms with E-state index in [1.807, 2.05) is 18.2 Å². The highest BCUT2D eigenvalue weighted by atomic mass is 35.5. The van der Waals surface area contributed by atoms with Crippen molar-refractivity contribution in [2.75, 3.05) is 20.3 Å². The van der Waals surface area contributed by atoms with Gasteiger partial charge >= 0.3 is 0 Å². The number of amides is 1. The zero-order valence-corrected chi connectivity index (χ0v) is 20.3. The smallest absolute Gasteiger partial charge is 0.257 e. The molecule has 7 nitrogen and oxygen atoms in total. The molecule has 0 aliphatic rings. The van der Waals surface area contributed by atoms with Crippen molar-refractivity contribution in [3.8, 4) is 17.1 Å². The number of methoxy groups -OCH3 is 1. The average Bonchev–Trinajstić information content (AvgIpc) is 3.32. The summed E-state index contributed by atoms with van der Waals surface area (Å²) in [6.45, 7) is 1.23. The first-order valence-electron chi connectivity index (χ1n) is 10.5. The van der Waals surface area contributed by atoms with Gasteiger partial charge in [0, 0.05) is 12.1 Å². The molecular formula is C24H25Cl2FN4O3. The third kappa shape index (κ3) is 5.87. The number of alkyl halides is 1. The highest BCUT2D eigenvalue weighted by molar-refractivity contribution is 6.34. The maximum atomic E-state index is 13.3. The maximum absolute atomic E-state index is 13.3. The third-order valence-corrected chi connectivity index (χ3v) is 5.86. The zero-order chi connectivity index (χ0) is 24.7. The average molecular weight is 507 g/mol. The van der Waals surface area contributed by atoms with E-state index >= 15 is 0 Å². The zero-order valence-electron chi connectivity index (χ0n) is 18.8. The molecule has 1 heterocycles. The molecule has 180 valence electrons. The van der Waals surface area contributed by atoms with Gasteiger partial charge in [0.2, 0.25) is 5.89 Å². The first-order valence-corrected chi connectivity index (χ1v) is 11.3. The van der Waals surface area contributed by atoms with E-state index in [2.05, 4.69) is 15.3 Å². The Bertz CT molecular complexity index is 1180. The second-order valence-electron chi connectivity index (χ2n) is 7.72. The lowest BCUT2D eigenvalue weighted by Gasteiger charge is -2.28. The van der Waals surface area contributed by atoms with Crippen molar-refractivity contribution in [1.82, 2.24) is 10.3 Å². The lowest BCUT2D eigenvalue weighted by Crippen LogP contribution is -2.44. The molecule has 0 radical (unpaired) electrons. The summed E-state index contributed by atoms with van der Waals surface area (Å²) >= 11 is 12.6. The molecule has 3 N–H and O–H groups in total. The number of carbonyl (C=O) groups excluding carboxylic acids is 1. The van der Waals surface area contributed by atoms with E-state index in [-0.39, 0.29) is 28.9 Å². The number of aliphatic imine (C=N–C) groups is 1. The Kier molecular flexibility index (Phi) is 8.52. The minimum atomic E-state index is -1.05. The van der Waals surface area contributed by atoms with Gasteiger partial charge in [0.1, 0.15) is 23.8 Å². The van der Waals surface area contributed by atoms with Crippen LogP contribution in [0.2, 0.25) is 10.0 Å². The van der Waals surface area contributed by atoms with Crippen LogP contribution in [0.25, 0.3) is 11.3 Å². The molecule has 3 aromatic rings.